The van der Waals surface area contributed by atoms with Crippen LogP contribution in [0.4, 0.5) is 30.2 Å². The quantitative estimate of drug-likeness (QED) is 0.487. The molecule has 0 amide bonds. The SMILES string of the molecule is Nc1ccc(Nc2ccnc3ccc(C(F)(F)F)cc23)cc1O. The van der Waals surface area contributed by atoms with Crippen molar-refractivity contribution >= 4 is 28.0 Å². The Kier molecular flexibility index (Phi) is 3.48. The monoisotopic (exact) mass is 319 g/mol. The third kappa shape index (κ3) is 2.98. The van der Waals surface area contributed by atoms with Gasteiger partial charge in [0.15, 0.2) is 0 Å². The maximum Gasteiger partial charge on any atom is 0.416 e. The van der Waals surface area contributed by atoms with E-state index in [4.69, 9.17) is 5.73 Å². The van der Waals surface area contributed by atoms with E-state index < -0.39 is 11.7 Å². The van der Waals surface area contributed by atoms with Crippen molar-refractivity contribution in [2.75, 3.05) is 11.1 Å². The molecule has 0 atom stereocenters. The summed E-state index contributed by atoms with van der Waals surface area (Å²) in [6.45, 7) is 0. The number of benzene rings is 2. The molecule has 0 spiro atoms. The first kappa shape index (κ1) is 15.0. The summed E-state index contributed by atoms with van der Waals surface area (Å²) in [5.41, 5.74) is 6.38. The number of alkyl halides is 3. The van der Waals surface area contributed by atoms with Gasteiger partial charge < -0.3 is 16.2 Å². The van der Waals surface area contributed by atoms with E-state index in [2.05, 4.69) is 10.3 Å². The average Bonchev–Trinajstić information content (AvgIpc) is 2.50. The number of phenolic OH excluding ortho intramolecular Hbond substituents is 1. The van der Waals surface area contributed by atoms with Crippen LogP contribution in [0.2, 0.25) is 0 Å². The minimum absolute atomic E-state index is 0.107. The summed E-state index contributed by atoms with van der Waals surface area (Å²) in [7, 11) is 0. The van der Waals surface area contributed by atoms with E-state index in [0.29, 0.717) is 22.3 Å². The van der Waals surface area contributed by atoms with E-state index in [9.17, 15) is 18.3 Å². The van der Waals surface area contributed by atoms with Crippen molar-refractivity contribution in [3.63, 3.8) is 0 Å². The van der Waals surface area contributed by atoms with Crippen molar-refractivity contribution in [3.05, 3.63) is 54.2 Å². The maximum absolute atomic E-state index is 12.9. The van der Waals surface area contributed by atoms with Crippen LogP contribution in [-0.2, 0) is 6.18 Å². The molecule has 0 saturated carbocycles. The number of hydrogen-bond donors (Lipinski definition) is 3. The smallest absolute Gasteiger partial charge is 0.416 e. The third-order valence-corrected chi connectivity index (χ3v) is 3.38. The van der Waals surface area contributed by atoms with Crippen LogP contribution in [0.15, 0.2) is 48.7 Å². The fourth-order valence-corrected chi connectivity index (χ4v) is 2.21. The van der Waals surface area contributed by atoms with Gasteiger partial charge >= 0.3 is 6.18 Å². The molecule has 0 fully saturated rings. The number of fused-ring (bicyclic) bond motifs is 1. The van der Waals surface area contributed by atoms with E-state index >= 15 is 0 Å². The molecule has 0 saturated heterocycles. The number of pyridine rings is 1. The highest BCUT2D eigenvalue weighted by Crippen LogP contribution is 2.34. The van der Waals surface area contributed by atoms with E-state index in [-0.39, 0.29) is 11.4 Å². The number of anilines is 3. The zero-order valence-electron chi connectivity index (χ0n) is 11.7. The molecular weight excluding hydrogens is 307 g/mol. The van der Waals surface area contributed by atoms with Crippen LogP contribution in [-0.4, -0.2) is 10.1 Å². The first-order chi connectivity index (χ1) is 10.8. The molecule has 0 aliphatic heterocycles. The lowest BCUT2D eigenvalue weighted by molar-refractivity contribution is -0.137. The Bertz CT molecular complexity index is 878. The molecule has 3 rings (SSSR count). The highest BCUT2D eigenvalue weighted by molar-refractivity contribution is 5.93. The molecule has 0 bridgehead atoms. The van der Waals surface area contributed by atoms with Crippen LogP contribution in [0, 0.1) is 0 Å². The maximum atomic E-state index is 12.9. The van der Waals surface area contributed by atoms with Gasteiger partial charge in [0.25, 0.3) is 0 Å². The summed E-state index contributed by atoms with van der Waals surface area (Å²) in [5.74, 6) is -0.107. The van der Waals surface area contributed by atoms with Crippen molar-refractivity contribution in [2.24, 2.45) is 0 Å². The molecule has 23 heavy (non-hydrogen) atoms. The van der Waals surface area contributed by atoms with Gasteiger partial charge in [0.05, 0.1) is 16.8 Å². The second-order valence-electron chi connectivity index (χ2n) is 4.99. The molecule has 0 aliphatic carbocycles. The van der Waals surface area contributed by atoms with E-state index in [1.54, 1.807) is 12.1 Å². The molecule has 0 aliphatic rings. The molecule has 7 heteroatoms. The van der Waals surface area contributed by atoms with E-state index in [0.717, 1.165) is 12.1 Å². The zero-order chi connectivity index (χ0) is 16.6. The predicted octanol–water partition coefficient (Wildman–Crippen LogP) is 4.29. The standard InChI is InChI=1S/C16H12F3N3O/c17-16(18,19)9-1-4-13-11(7-9)14(5-6-21-13)22-10-2-3-12(20)15(23)8-10/h1-8,23H,20H2,(H,21,22). The van der Waals surface area contributed by atoms with Gasteiger partial charge in [0.2, 0.25) is 0 Å². The third-order valence-electron chi connectivity index (χ3n) is 3.38. The number of aromatic hydroxyl groups is 1. The molecule has 4 nitrogen and oxygen atoms in total. The average molecular weight is 319 g/mol. The summed E-state index contributed by atoms with van der Waals surface area (Å²) in [5, 5.41) is 12.9. The molecule has 2 aromatic carbocycles. The molecule has 4 N–H and O–H groups in total. The minimum Gasteiger partial charge on any atom is -0.506 e. The first-order valence-corrected chi connectivity index (χ1v) is 6.66. The highest BCUT2D eigenvalue weighted by Gasteiger charge is 2.30. The van der Waals surface area contributed by atoms with Gasteiger partial charge in [-0.1, -0.05) is 0 Å². The van der Waals surface area contributed by atoms with E-state index in [1.165, 1.54) is 24.4 Å². The number of aromatic nitrogens is 1. The highest BCUT2D eigenvalue weighted by atomic mass is 19.4. The van der Waals surface area contributed by atoms with Gasteiger partial charge in [-0.05, 0) is 36.4 Å². The molecule has 0 radical (unpaired) electrons. The number of nitrogens with one attached hydrogen (secondary N) is 1. The van der Waals surface area contributed by atoms with Crippen molar-refractivity contribution in [2.45, 2.75) is 6.18 Å². The molecule has 1 heterocycles. The fraction of sp³-hybridized carbons (Fsp3) is 0.0625. The van der Waals surface area contributed by atoms with Gasteiger partial charge in [-0.2, -0.15) is 13.2 Å². The summed E-state index contributed by atoms with van der Waals surface area (Å²) < 4.78 is 38.7. The van der Waals surface area contributed by atoms with Crippen LogP contribution in [0.5, 0.6) is 5.75 Å². The lowest BCUT2D eigenvalue weighted by Gasteiger charge is -2.12. The van der Waals surface area contributed by atoms with Crippen LogP contribution in [0.25, 0.3) is 10.9 Å². The van der Waals surface area contributed by atoms with E-state index in [1.807, 2.05) is 0 Å². The normalized spacial score (nSPS) is 11.6. The predicted molar refractivity (Wildman–Crippen MR) is 82.5 cm³/mol. The molecular formula is C16H12F3N3O. The van der Waals surface area contributed by atoms with Crippen LogP contribution in [0.1, 0.15) is 5.56 Å². The zero-order valence-corrected chi connectivity index (χ0v) is 11.7. The van der Waals surface area contributed by atoms with Gasteiger partial charge in [-0.15, -0.1) is 0 Å². The number of nitrogens with two attached hydrogens (primary N) is 1. The Labute approximate surface area is 129 Å². The number of nitrogens with zero attached hydrogens (tertiary/aromatic N) is 1. The van der Waals surface area contributed by atoms with Crippen LogP contribution < -0.4 is 11.1 Å². The number of hydrogen-bond acceptors (Lipinski definition) is 4. The number of halogens is 3. The van der Waals surface area contributed by atoms with Crippen molar-refractivity contribution in [3.8, 4) is 5.75 Å². The molecule has 118 valence electrons. The van der Waals surface area contributed by atoms with Crippen LogP contribution >= 0.6 is 0 Å². The first-order valence-electron chi connectivity index (χ1n) is 6.66. The van der Waals surface area contributed by atoms with Gasteiger partial charge in [-0.3, -0.25) is 4.98 Å². The summed E-state index contributed by atoms with van der Waals surface area (Å²) in [6, 6.07) is 9.45. The van der Waals surface area contributed by atoms with Crippen molar-refractivity contribution in [1.82, 2.24) is 4.98 Å². The molecule has 0 unspecified atom stereocenters. The van der Waals surface area contributed by atoms with Crippen molar-refractivity contribution in [1.29, 1.82) is 0 Å². The number of phenols is 1. The van der Waals surface area contributed by atoms with Crippen molar-refractivity contribution < 1.29 is 18.3 Å². The Morgan fingerprint density at radius 1 is 1.04 bits per heavy atom. The topological polar surface area (TPSA) is 71.2 Å². The second-order valence-corrected chi connectivity index (χ2v) is 4.99. The molecule has 1 aromatic heterocycles. The van der Waals surface area contributed by atoms with Gasteiger partial charge in [0, 0.05) is 29.0 Å². The summed E-state index contributed by atoms with van der Waals surface area (Å²) in [6.07, 6.45) is -2.93. The number of nitrogen functional groups attached to an aromatic ring is 1. The Hall–Kier alpha value is -2.96. The minimum atomic E-state index is -4.43. The van der Waals surface area contributed by atoms with Gasteiger partial charge in [-0.25, -0.2) is 0 Å². The van der Waals surface area contributed by atoms with Gasteiger partial charge in [0.1, 0.15) is 5.75 Å². The summed E-state index contributed by atoms with van der Waals surface area (Å²) >= 11 is 0. The lowest BCUT2D eigenvalue weighted by Crippen LogP contribution is -2.05. The fourth-order valence-electron chi connectivity index (χ4n) is 2.21. The Morgan fingerprint density at radius 2 is 1.83 bits per heavy atom. The second kappa shape index (κ2) is 5.35. The number of rotatable bonds is 2. The lowest BCUT2D eigenvalue weighted by atomic mass is 10.1. The van der Waals surface area contributed by atoms with Crippen LogP contribution in [0.3, 0.4) is 0 Å². The summed E-state index contributed by atoms with van der Waals surface area (Å²) in [4.78, 5) is 4.06. The largest absolute Gasteiger partial charge is 0.506 e. The molecule has 3 aromatic rings. The Balaban J connectivity index is 2.07. The Morgan fingerprint density at radius 3 is 2.52 bits per heavy atom.